The number of aryl methyl sites for hydroxylation is 2. The van der Waals surface area contributed by atoms with Crippen LogP contribution in [0.1, 0.15) is 11.1 Å². The molecule has 0 aliphatic heterocycles. The Hall–Kier alpha value is -2.24. The summed E-state index contributed by atoms with van der Waals surface area (Å²) in [5, 5.41) is 5.87. The van der Waals surface area contributed by atoms with Crippen molar-refractivity contribution in [1.82, 2.24) is 5.32 Å². The minimum absolute atomic E-state index is 0.154. The third-order valence-electron chi connectivity index (χ3n) is 3.47. The topological polar surface area (TPSA) is 67.4 Å². The molecular weight excluding hydrogens is 363 g/mol. The molecule has 0 aromatic heterocycles. The number of para-hydroxylation sites is 1. The van der Waals surface area contributed by atoms with Crippen molar-refractivity contribution in [2.75, 3.05) is 18.5 Å². The summed E-state index contributed by atoms with van der Waals surface area (Å²) in [5.41, 5.74) is 2.67. The SMILES string of the molecule is Cc1cccc(C)c1NC(=O)CNC(=O)COc1cccc(Cl)c1Cl. The van der Waals surface area contributed by atoms with Crippen LogP contribution >= 0.6 is 23.2 Å². The minimum Gasteiger partial charge on any atom is -0.482 e. The molecule has 2 amide bonds. The molecule has 2 rings (SSSR count). The maximum Gasteiger partial charge on any atom is 0.258 e. The number of halogens is 2. The fraction of sp³-hybridized carbons (Fsp3) is 0.222. The van der Waals surface area contributed by atoms with Crippen molar-refractivity contribution in [3.8, 4) is 5.75 Å². The molecule has 25 heavy (non-hydrogen) atoms. The summed E-state index contributed by atoms with van der Waals surface area (Å²) < 4.78 is 5.31. The van der Waals surface area contributed by atoms with Crippen LogP contribution in [0.15, 0.2) is 36.4 Å². The number of carbonyl (C=O) groups is 2. The first-order valence-corrected chi connectivity index (χ1v) is 8.33. The van der Waals surface area contributed by atoms with Crippen LogP contribution < -0.4 is 15.4 Å². The van der Waals surface area contributed by atoms with Crippen LogP contribution in [-0.2, 0) is 9.59 Å². The first-order chi connectivity index (χ1) is 11.9. The van der Waals surface area contributed by atoms with Crippen LogP contribution in [0.4, 0.5) is 5.69 Å². The second-order valence-corrected chi connectivity index (χ2v) is 6.22. The second-order valence-electron chi connectivity index (χ2n) is 5.43. The number of amides is 2. The molecule has 132 valence electrons. The summed E-state index contributed by atoms with van der Waals surface area (Å²) >= 11 is 11.8. The van der Waals surface area contributed by atoms with Gasteiger partial charge in [0.25, 0.3) is 5.91 Å². The molecule has 0 heterocycles. The Morgan fingerprint density at radius 1 is 1.00 bits per heavy atom. The Morgan fingerprint density at radius 2 is 1.64 bits per heavy atom. The Kier molecular flexibility index (Phi) is 6.67. The molecule has 7 heteroatoms. The van der Waals surface area contributed by atoms with E-state index in [1.165, 1.54) is 0 Å². The third-order valence-corrected chi connectivity index (χ3v) is 4.27. The van der Waals surface area contributed by atoms with Gasteiger partial charge in [-0.3, -0.25) is 9.59 Å². The zero-order valence-corrected chi connectivity index (χ0v) is 15.4. The number of carbonyl (C=O) groups excluding carboxylic acids is 2. The predicted octanol–water partition coefficient (Wildman–Crippen LogP) is 3.74. The number of anilines is 1. The second kappa shape index (κ2) is 8.74. The van der Waals surface area contributed by atoms with Gasteiger partial charge in [-0.25, -0.2) is 0 Å². The van der Waals surface area contributed by atoms with Crippen LogP contribution in [-0.4, -0.2) is 25.0 Å². The van der Waals surface area contributed by atoms with Crippen molar-refractivity contribution in [2.24, 2.45) is 0 Å². The first kappa shape index (κ1) is 19.1. The zero-order chi connectivity index (χ0) is 18.4. The highest BCUT2D eigenvalue weighted by atomic mass is 35.5. The number of nitrogens with one attached hydrogen (secondary N) is 2. The quantitative estimate of drug-likeness (QED) is 0.801. The van der Waals surface area contributed by atoms with Crippen molar-refractivity contribution in [3.63, 3.8) is 0 Å². The number of ether oxygens (including phenoxy) is 1. The van der Waals surface area contributed by atoms with E-state index in [0.29, 0.717) is 10.8 Å². The van der Waals surface area contributed by atoms with Crippen LogP contribution in [0.3, 0.4) is 0 Å². The molecule has 2 aromatic rings. The molecule has 0 spiro atoms. The molecule has 0 saturated heterocycles. The zero-order valence-electron chi connectivity index (χ0n) is 13.9. The van der Waals surface area contributed by atoms with Gasteiger partial charge in [0.2, 0.25) is 5.91 Å². The number of rotatable bonds is 6. The lowest BCUT2D eigenvalue weighted by molar-refractivity contribution is -0.125. The summed E-state index contributed by atoms with van der Waals surface area (Å²) in [6.45, 7) is 3.39. The van der Waals surface area contributed by atoms with E-state index in [1.807, 2.05) is 32.0 Å². The van der Waals surface area contributed by atoms with Gasteiger partial charge in [-0.05, 0) is 37.1 Å². The fourth-order valence-corrected chi connectivity index (χ4v) is 2.51. The van der Waals surface area contributed by atoms with E-state index in [2.05, 4.69) is 10.6 Å². The highest BCUT2D eigenvalue weighted by Gasteiger charge is 2.11. The Labute approximate surface area is 156 Å². The third kappa shape index (κ3) is 5.37. The molecule has 0 aliphatic rings. The molecule has 5 nitrogen and oxygen atoms in total. The monoisotopic (exact) mass is 380 g/mol. The average molecular weight is 381 g/mol. The number of hydrogen-bond acceptors (Lipinski definition) is 3. The van der Waals surface area contributed by atoms with Crippen molar-refractivity contribution >= 4 is 40.7 Å². The first-order valence-electron chi connectivity index (χ1n) is 7.58. The lowest BCUT2D eigenvalue weighted by Gasteiger charge is -2.12. The largest absolute Gasteiger partial charge is 0.482 e. The Bertz CT molecular complexity index is 774. The van der Waals surface area contributed by atoms with Crippen molar-refractivity contribution in [2.45, 2.75) is 13.8 Å². The van der Waals surface area contributed by atoms with Crippen LogP contribution in [0.25, 0.3) is 0 Å². The average Bonchev–Trinajstić information content (AvgIpc) is 2.58. The molecule has 2 aromatic carbocycles. The number of benzene rings is 2. The highest BCUT2D eigenvalue weighted by molar-refractivity contribution is 6.42. The van der Waals surface area contributed by atoms with E-state index in [0.717, 1.165) is 16.8 Å². The maximum absolute atomic E-state index is 12.0. The summed E-state index contributed by atoms with van der Waals surface area (Å²) in [5.74, 6) is -0.441. The highest BCUT2D eigenvalue weighted by Crippen LogP contribution is 2.31. The molecular formula is C18H18Cl2N2O3. The maximum atomic E-state index is 12.0. The fourth-order valence-electron chi connectivity index (χ4n) is 2.16. The predicted molar refractivity (Wildman–Crippen MR) is 99.5 cm³/mol. The Balaban J connectivity index is 1.81. The molecule has 0 bridgehead atoms. The summed E-state index contributed by atoms with van der Waals surface area (Å²) in [6.07, 6.45) is 0. The minimum atomic E-state index is -0.437. The van der Waals surface area contributed by atoms with E-state index in [-0.39, 0.29) is 24.1 Å². The van der Waals surface area contributed by atoms with E-state index < -0.39 is 5.91 Å². The van der Waals surface area contributed by atoms with E-state index in [1.54, 1.807) is 18.2 Å². The van der Waals surface area contributed by atoms with Gasteiger partial charge in [0.05, 0.1) is 11.6 Å². The van der Waals surface area contributed by atoms with Crippen LogP contribution in [0, 0.1) is 13.8 Å². The summed E-state index contributed by atoms with van der Waals surface area (Å²) in [7, 11) is 0. The number of hydrogen-bond donors (Lipinski definition) is 2. The molecule has 2 N–H and O–H groups in total. The molecule has 0 fully saturated rings. The molecule has 0 unspecified atom stereocenters. The molecule has 0 aliphatic carbocycles. The van der Waals surface area contributed by atoms with E-state index >= 15 is 0 Å². The van der Waals surface area contributed by atoms with E-state index in [4.69, 9.17) is 27.9 Å². The van der Waals surface area contributed by atoms with E-state index in [9.17, 15) is 9.59 Å². The van der Waals surface area contributed by atoms with Gasteiger partial charge < -0.3 is 15.4 Å². The van der Waals surface area contributed by atoms with Crippen molar-refractivity contribution in [3.05, 3.63) is 57.6 Å². The van der Waals surface area contributed by atoms with Gasteiger partial charge in [-0.1, -0.05) is 47.5 Å². The van der Waals surface area contributed by atoms with Gasteiger partial charge in [-0.2, -0.15) is 0 Å². The van der Waals surface area contributed by atoms with Gasteiger partial charge in [-0.15, -0.1) is 0 Å². The van der Waals surface area contributed by atoms with Crippen LogP contribution in [0.5, 0.6) is 5.75 Å². The van der Waals surface area contributed by atoms with Crippen LogP contribution in [0.2, 0.25) is 10.0 Å². The Morgan fingerprint density at radius 3 is 2.32 bits per heavy atom. The van der Waals surface area contributed by atoms with Gasteiger partial charge in [0, 0.05) is 5.69 Å². The van der Waals surface area contributed by atoms with Gasteiger partial charge in [0.1, 0.15) is 10.8 Å². The lowest BCUT2D eigenvalue weighted by Crippen LogP contribution is -2.36. The van der Waals surface area contributed by atoms with Crippen molar-refractivity contribution < 1.29 is 14.3 Å². The molecule has 0 radical (unpaired) electrons. The lowest BCUT2D eigenvalue weighted by atomic mass is 10.1. The van der Waals surface area contributed by atoms with Gasteiger partial charge in [0.15, 0.2) is 6.61 Å². The summed E-state index contributed by atoms with van der Waals surface area (Å²) in [6, 6.07) is 10.6. The standard InChI is InChI=1S/C18H18Cl2N2O3/c1-11-5-3-6-12(2)18(11)22-15(23)9-21-16(24)10-25-14-8-4-7-13(19)17(14)20/h3-8H,9-10H2,1-2H3,(H,21,24)(H,22,23). The normalized spacial score (nSPS) is 10.2. The molecule has 0 atom stereocenters. The molecule has 0 saturated carbocycles. The van der Waals surface area contributed by atoms with Gasteiger partial charge >= 0.3 is 0 Å². The smallest absolute Gasteiger partial charge is 0.258 e. The van der Waals surface area contributed by atoms with Crippen molar-refractivity contribution in [1.29, 1.82) is 0 Å². The summed E-state index contributed by atoms with van der Waals surface area (Å²) in [4.78, 5) is 23.8.